The highest BCUT2D eigenvalue weighted by atomic mass is 31.2. The number of carbonyl (C=O) groups excluding carboxylic acids is 4. The average molecular weight is 1610 g/mol. The van der Waals surface area contributed by atoms with Gasteiger partial charge in [-0.3, -0.25) is 37.3 Å². The van der Waals surface area contributed by atoms with Gasteiger partial charge in [0.15, 0.2) is 12.2 Å². The molecule has 0 saturated carbocycles. The summed E-state index contributed by atoms with van der Waals surface area (Å²) in [6.07, 6.45) is 73.7. The monoisotopic (exact) mass is 1610 g/mol. The minimum absolute atomic E-state index is 0.108. The maximum Gasteiger partial charge on any atom is 0.472 e. The zero-order chi connectivity index (χ0) is 80.8. The molecule has 17 nitrogen and oxygen atoms in total. The molecule has 5 atom stereocenters. The Morgan fingerprint density at radius 2 is 0.418 bits per heavy atom. The molecule has 0 heterocycles. The van der Waals surface area contributed by atoms with Gasteiger partial charge in [-0.05, 0) is 43.4 Å². The summed E-state index contributed by atoms with van der Waals surface area (Å²) in [6, 6.07) is 0. The number of phosphoric ester groups is 2. The summed E-state index contributed by atoms with van der Waals surface area (Å²) in [5.41, 5.74) is 0. The molecule has 2 unspecified atom stereocenters. The van der Waals surface area contributed by atoms with E-state index in [-0.39, 0.29) is 25.7 Å². The van der Waals surface area contributed by atoms with Crippen LogP contribution in [0.3, 0.4) is 0 Å². The first-order chi connectivity index (χ1) is 53.2. The van der Waals surface area contributed by atoms with Crippen LogP contribution < -0.4 is 0 Å². The Morgan fingerprint density at radius 3 is 0.618 bits per heavy atom. The number of hydrogen-bond acceptors (Lipinski definition) is 15. The fraction of sp³-hybridized carbons (Fsp3) is 0.956. The van der Waals surface area contributed by atoms with E-state index in [1.54, 1.807) is 0 Å². The van der Waals surface area contributed by atoms with E-state index in [0.717, 1.165) is 108 Å². The van der Waals surface area contributed by atoms with E-state index in [9.17, 15) is 43.2 Å². The molecule has 654 valence electrons. The van der Waals surface area contributed by atoms with Crippen LogP contribution >= 0.6 is 15.6 Å². The van der Waals surface area contributed by atoms with Crippen molar-refractivity contribution in [2.75, 3.05) is 39.6 Å². The zero-order valence-electron chi connectivity index (χ0n) is 72.7. The van der Waals surface area contributed by atoms with Crippen molar-refractivity contribution in [1.82, 2.24) is 0 Å². The maximum atomic E-state index is 13.2. The Kier molecular flexibility index (Phi) is 79.4. The Bertz CT molecular complexity index is 2110. The van der Waals surface area contributed by atoms with Gasteiger partial charge in [-0.1, -0.05) is 434 Å². The van der Waals surface area contributed by atoms with Crippen LogP contribution in [-0.4, -0.2) is 96.7 Å². The summed E-state index contributed by atoms with van der Waals surface area (Å²) in [5, 5.41) is 10.7. The molecule has 0 rings (SSSR count). The maximum absolute atomic E-state index is 13.2. The number of unbranched alkanes of at least 4 members (excludes halogenated alkanes) is 57. The number of phosphoric acid groups is 2. The highest BCUT2D eigenvalue weighted by molar-refractivity contribution is 7.47. The molecule has 0 aromatic carbocycles. The van der Waals surface area contributed by atoms with Gasteiger partial charge in [0, 0.05) is 25.7 Å². The first-order valence-corrected chi connectivity index (χ1v) is 49.8. The van der Waals surface area contributed by atoms with Crippen LogP contribution in [0.25, 0.3) is 0 Å². The number of carbonyl (C=O) groups is 4. The van der Waals surface area contributed by atoms with Crippen LogP contribution in [0.1, 0.15) is 485 Å². The second kappa shape index (κ2) is 80.8. The van der Waals surface area contributed by atoms with E-state index >= 15 is 0 Å². The summed E-state index contributed by atoms with van der Waals surface area (Å²) >= 11 is 0. The van der Waals surface area contributed by atoms with Gasteiger partial charge in [-0.25, -0.2) is 9.13 Å². The smallest absolute Gasteiger partial charge is 0.462 e. The van der Waals surface area contributed by atoms with E-state index in [2.05, 4.69) is 48.5 Å². The third kappa shape index (κ3) is 84.0. The molecular formula is C91H178O17P2. The lowest BCUT2D eigenvalue weighted by atomic mass is 10.0. The third-order valence-electron chi connectivity index (χ3n) is 21.4. The molecule has 0 aliphatic rings. The van der Waals surface area contributed by atoms with Crippen molar-refractivity contribution in [3.63, 3.8) is 0 Å². The van der Waals surface area contributed by atoms with Gasteiger partial charge in [-0.2, -0.15) is 0 Å². The number of aliphatic hydroxyl groups excluding tert-OH is 1. The van der Waals surface area contributed by atoms with Gasteiger partial charge in [0.2, 0.25) is 0 Å². The Labute approximate surface area is 677 Å². The topological polar surface area (TPSA) is 237 Å². The van der Waals surface area contributed by atoms with Crippen LogP contribution in [0.4, 0.5) is 0 Å². The fourth-order valence-corrected chi connectivity index (χ4v) is 15.8. The first kappa shape index (κ1) is 108. The van der Waals surface area contributed by atoms with Crippen molar-refractivity contribution in [1.29, 1.82) is 0 Å². The molecule has 19 heteroatoms. The standard InChI is InChI=1S/C91H178O17P2/c1-8-9-10-11-12-13-14-15-16-17-18-19-20-21-22-27-33-38-45-53-60-67-74-90(95)107-86(78-101-88(93)72-65-58-51-44-37-32-28-23-25-30-35-41-48-55-62-69-82(2)3)80-105-109(97,98)103-76-85(92)77-104-110(99,100)106-81-87(79-102-89(94)73-66-59-52-47-40-43-50-57-64-71-84(6)7)108-91(96)75-68-61-54-46-39-34-29-24-26-31-36-42-49-56-63-70-83(4)5/h82-87,92H,8-81H2,1-7H3,(H,97,98)(H,99,100)/t85-,86-,87-/m1/s1. The molecule has 0 amide bonds. The largest absolute Gasteiger partial charge is 0.472 e. The van der Waals surface area contributed by atoms with Crippen molar-refractivity contribution in [3.8, 4) is 0 Å². The van der Waals surface area contributed by atoms with E-state index in [0.29, 0.717) is 25.7 Å². The molecule has 0 fully saturated rings. The summed E-state index contributed by atoms with van der Waals surface area (Å²) in [7, 11) is -9.94. The number of rotatable bonds is 89. The van der Waals surface area contributed by atoms with Gasteiger partial charge < -0.3 is 33.8 Å². The molecule has 110 heavy (non-hydrogen) atoms. The summed E-state index contributed by atoms with van der Waals surface area (Å²) < 4.78 is 69.1. The third-order valence-corrected chi connectivity index (χ3v) is 23.3. The molecule has 0 spiro atoms. The summed E-state index contributed by atoms with van der Waals surface area (Å²) in [6.45, 7) is 12.0. The Hall–Kier alpha value is -1.94. The zero-order valence-corrected chi connectivity index (χ0v) is 74.5. The number of aliphatic hydroxyl groups is 1. The molecule has 0 saturated heterocycles. The SMILES string of the molecule is CCCCCCCCCCCCCCCCCCCCCCCCC(=O)O[C@H](COC(=O)CCCCCCCCCCCCCCCCCC(C)C)COP(=O)(O)OC[C@@H](O)COP(=O)(O)OC[C@@H](COC(=O)CCCCCCCCCCCC(C)C)OC(=O)CCCCCCCCCCCCCCCCCC(C)C. The summed E-state index contributed by atoms with van der Waals surface area (Å²) in [4.78, 5) is 73.4. The van der Waals surface area contributed by atoms with Crippen molar-refractivity contribution in [2.45, 2.75) is 503 Å². The van der Waals surface area contributed by atoms with E-state index < -0.39 is 97.5 Å². The highest BCUT2D eigenvalue weighted by Crippen LogP contribution is 2.45. The lowest BCUT2D eigenvalue weighted by Gasteiger charge is -2.21. The fourth-order valence-electron chi connectivity index (χ4n) is 14.3. The van der Waals surface area contributed by atoms with E-state index in [4.69, 9.17) is 37.0 Å². The van der Waals surface area contributed by atoms with Crippen molar-refractivity contribution in [3.05, 3.63) is 0 Å². The van der Waals surface area contributed by atoms with Crippen LogP contribution in [0.2, 0.25) is 0 Å². The second-order valence-corrected chi connectivity index (χ2v) is 37.0. The molecule has 3 N–H and O–H groups in total. The minimum Gasteiger partial charge on any atom is -0.462 e. The number of esters is 4. The molecule has 0 bridgehead atoms. The Balaban J connectivity index is 5.25. The lowest BCUT2D eigenvalue weighted by molar-refractivity contribution is -0.161. The van der Waals surface area contributed by atoms with Gasteiger partial charge in [-0.15, -0.1) is 0 Å². The molecule has 0 aliphatic carbocycles. The van der Waals surface area contributed by atoms with Crippen molar-refractivity contribution >= 4 is 39.5 Å². The van der Waals surface area contributed by atoms with Crippen molar-refractivity contribution < 1.29 is 80.2 Å². The molecular weight excluding hydrogens is 1430 g/mol. The quantitative estimate of drug-likeness (QED) is 0.0222. The molecule has 0 aromatic rings. The first-order valence-electron chi connectivity index (χ1n) is 46.8. The number of hydrogen-bond donors (Lipinski definition) is 3. The van der Waals surface area contributed by atoms with Crippen LogP contribution in [0.5, 0.6) is 0 Å². The van der Waals surface area contributed by atoms with Crippen LogP contribution in [0, 0.1) is 17.8 Å². The predicted octanol–water partition coefficient (Wildman–Crippen LogP) is 28.0. The van der Waals surface area contributed by atoms with Crippen LogP contribution in [-0.2, 0) is 65.4 Å². The van der Waals surface area contributed by atoms with Gasteiger partial charge >= 0.3 is 39.5 Å². The Morgan fingerprint density at radius 1 is 0.245 bits per heavy atom. The lowest BCUT2D eigenvalue weighted by Crippen LogP contribution is -2.30. The summed E-state index contributed by atoms with van der Waals surface area (Å²) in [5.74, 6) is 0.254. The van der Waals surface area contributed by atoms with Gasteiger partial charge in [0.05, 0.1) is 26.4 Å². The normalized spacial score (nSPS) is 13.8. The number of ether oxygens (including phenoxy) is 4. The van der Waals surface area contributed by atoms with Crippen LogP contribution in [0.15, 0.2) is 0 Å². The average Bonchev–Trinajstić information content (AvgIpc) is 0.898. The second-order valence-electron chi connectivity index (χ2n) is 34.1. The van der Waals surface area contributed by atoms with E-state index in [1.165, 1.54) is 295 Å². The molecule has 0 aliphatic heterocycles. The van der Waals surface area contributed by atoms with Gasteiger partial charge in [0.1, 0.15) is 19.3 Å². The molecule has 0 radical (unpaired) electrons. The highest BCUT2D eigenvalue weighted by Gasteiger charge is 2.31. The van der Waals surface area contributed by atoms with Gasteiger partial charge in [0.25, 0.3) is 0 Å². The predicted molar refractivity (Wildman–Crippen MR) is 455 cm³/mol. The minimum atomic E-state index is -4.97. The molecule has 0 aromatic heterocycles. The van der Waals surface area contributed by atoms with Crippen molar-refractivity contribution in [2.24, 2.45) is 17.8 Å². The van der Waals surface area contributed by atoms with E-state index in [1.807, 2.05) is 0 Å².